The van der Waals surface area contributed by atoms with E-state index in [9.17, 15) is 27.2 Å². The number of aliphatic imine (C=N–C) groups is 1. The SMILES string of the molecule is CN(C)S(=O)(=O)N(C)C1CCN2C(=O)C(=O)C(C(=O)NCc3ccc(F)cc3)N=C12. The Balaban J connectivity index is 1.82. The van der Waals surface area contributed by atoms with Gasteiger partial charge in [-0.15, -0.1) is 0 Å². The first kappa shape index (κ1) is 22.0. The molecule has 2 aliphatic rings. The number of hydrogen-bond donors (Lipinski definition) is 1. The molecular weight excluding hydrogens is 417 g/mol. The van der Waals surface area contributed by atoms with Crippen LogP contribution in [-0.2, 0) is 31.1 Å². The van der Waals surface area contributed by atoms with E-state index >= 15 is 0 Å². The van der Waals surface area contributed by atoms with Crippen LogP contribution in [0, 0.1) is 5.82 Å². The Labute approximate surface area is 173 Å². The predicted molar refractivity (Wildman–Crippen MR) is 105 cm³/mol. The lowest BCUT2D eigenvalue weighted by molar-refractivity contribution is -0.145. The summed E-state index contributed by atoms with van der Waals surface area (Å²) in [4.78, 5) is 42.7. The molecule has 162 valence electrons. The number of rotatable bonds is 6. The maximum absolute atomic E-state index is 13.0. The number of hydrogen-bond acceptors (Lipinski definition) is 6. The summed E-state index contributed by atoms with van der Waals surface area (Å²) in [5.74, 6) is -2.99. The van der Waals surface area contributed by atoms with Gasteiger partial charge in [0.25, 0.3) is 27.8 Å². The minimum absolute atomic E-state index is 0.0178. The minimum Gasteiger partial charge on any atom is -0.350 e. The number of amidine groups is 1. The molecule has 1 aromatic rings. The zero-order valence-corrected chi connectivity index (χ0v) is 17.5. The number of nitrogens with one attached hydrogen (secondary N) is 1. The lowest BCUT2D eigenvalue weighted by Gasteiger charge is -2.30. The molecule has 2 unspecified atom stereocenters. The molecular formula is C18H22FN5O5S. The zero-order chi connectivity index (χ0) is 22.2. The van der Waals surface area contributed by atoms with E-state index in [-0.39, 0.29) is 25.3 Å². The number of carbonyl (C=O) groups excluding carboxylic acids is 3. The monoisotopic (exact) mass is 439 g/mol. The third kappa shape index (κ3) is 3.98. The molecule has 0 saturated carbocycles. The molecule has 2 heterocycles. The maximum Gasteiger partial charge on any atom is 0.298 e. The van der Waals surface area contributed by atoms with Crippen LogP contribution in [0.2, 0.25) is 0 Å². The average Bonchev–Trinajstić information content (AvgIpc) is 3.13. The molecule has 10 nitrogen and oxygen atoms in total. The van der Waals surface area contributed by atoms with Crippen LogP contribution in [0.5, 0.6) is 0 Å². The molecule has 3 rings (SSSR count). The van der Waals surface area contributed by atoms with Gasteiger partial charge in [0, 0.05) is 34.2 Å². The van der Waals surface area contributed by atoms with Crippen LogP contribution in [0.25, 0.3) is 0 Å². The zero-order valence-electron chi connectivity index (χ0n) is 16.7. The van der Waals surface area contributed by atoms with Gasteiger partial charge in [0.05, 0.1) is 6.04 Å². The van der Waals surface area contributed by atoms with E-state index in [1.54, 1.807) is 0 Å². The van der Waals surface area contributed by atoms with E-state index in [1.807, 2.05) is 0 Å². The first-order chi connectivity index (χ1) is 14.0. The number of Topliss-reactive ketones (excluding diaryl/α,β-unsaturated/α-hetero) is 1. The van der Waals surface area contributed by atoms with E-state index in [2.05, 4.69) is 10.3 Å². The summed E-state index contributed by atoms with van der Waals surface area (Å²) in [6, 6.07) is 3.05. The van der Waals surface area contributed by atoms with Gasteiger partial charge in [-0.2, -0.15) is 17.0 Å². The van der Waals surface area contributed by atoms with E-state index < -0.39 is 45.7 Å². The van der Waals surface area contributed by atoms with Gasteiger partial charge in [-0.1, -0.05) is 12.1 Å². The second-order valence-electron chi connectivity index (χ2n) is 7.17. The number of carbonyl (C=O) groups is 3. The van der Waals surface area contributed by atoms with Gasteiger partial charge in [0.2, 0.25) is 0 Å². The van der Waals surface area contributed by atoms with Gasteiger partial charge in [-0.05, 0) is 24.1 Å². The standard InChI is InChI=1S/C18H22FN5O5S/c1-22(2)30(28,29)23(3)13-8-9-24-16(13)21-14(15(25)18(24)27)17(26)20-10-11-4-6-12(19)7-5-11/h4-7,13-14H,8-10H2,1-3H3,(H,20,26). The fourth-order valence-electron chi connectivity index (χ4n) is 3.31. The molecule has 0 aliphatic carbocycles. The number of halogens is 1. The highest BCUT2D eigenvalue weighted by molar-refractivity contribution is 7.86. The number of nitrogens with zero attached hydrogens (tertiary/aromatic N) is 4. The molecule has 1 N–H and O–H groups in total. The third-order valence-electron chi connectivity index (χ3n) is 5.06. The van der Waals surface area contributed by atoms with Crippen LogP contribution in [0.4, 0.5) is 4.39 Å². The van der Waals surface area contributed by atoms with Crippen molar-refractivity contribution in [3.8, 4) is 0 Å². The van der Waals surface area contributed by atoms with Crippen molar-refractivity contribution in [2.75, 3.05) is 27.7 Å². The summed E-state index contributed by atoms with van der Waals surface area (Å²) in [5.41, 5.74) is 0.601. The van der Waals surface area contributed by atoms with Gasteiger partial charge in [-0.3, -0.25) is 19.3 Å². The number of amides is 2. The van der Waals surface area contributed by atoms with E-state index in [0.717, 1.165) is 13.5 Å². The molecule has 0 bridgehead atoms. The first-order valence-electron chi connectivity index (χ1n) is 9.15. The predicted octanol–water partition coefficient (Wildman–Crippen LogP) is -0.869. The average molecular weight is 439 g/mol. The molecule has 0 spiro atoms. The minimum atomic E-state index is -3.80. The molecule has 30 heavy (non-hydrogen) atoms. The number of fused-ring (bicyclic) bond motifs is 1. The fraction of sp³-hybridized carbons (Fsp3) is 0.444. The second kappa shape index (κ2) is 8.20. The van der Waals surface area contributed by atoms with Crippen LogP contribution in [0.1, 0.15) is 12.0 Å². The molecule has 2 atom stereocenters. The highest BCUT2D eigenvalue weighted by atomic mass is 32.2. The fourth-order valence-corrected chi connectivity index (χ4v) is 4.34. The maximum atomic E-state index is 13.0. The molecule has 1 saturated heterocycles. The van der Waals surface area contributed by atoms with Crippen LogP contribution in [-0.4, -0.2) is 85.1 Å². The summed E-state index contributed by atoms with van der Waals surface area (Å²) in [5, 5.41) is 2.51. The van der Waals surface area contributed by atoms with Crippen molar-refractivity contribution >= 4 is 33.6 Å². The van der Waals surface area contributed by atoms with E-state index in [1.165, 1.54) is 45.4 Å². The highest BCUT2D eigenvalue weighted by Crippen LogP contribution is 2.25. The van der Waals surface area contributed by atoms with Crippen molar-refractivity contribution in [1.82, 2.24) is 18.8 Å². The Morgan fingerprint density at radius 3 is 2.47 bits per heavy atom. The summed E-state index contributed by atoms with van der Waals surface area (Å²) >= 11 is 0. The normalized spacial score (nSPS) is 21.8. The van der Waals surface area contributed by atoms with Gasteiger partial charge < -0.3 is 5.32 Å². The Bertz CT molecular complexity index is 1010. The first-order valence-corrected chi connectivity index (χ1v) is 10.5. The summed E-state index contributed by atoms with van der Waals surface area (Å²) in [6.45, 7) is 0.148. The van der Waals surface area contributed by atoms with Crippen molar-refractivity contribution in [2.24, 2.45) is 4.99 Å². The van der Waals surface area contributed by atoms with Crippen molar-refractivity contribution in [1.29, 1.82) is 0 Å². The Morgan fingerprint density at radius 2 is 1.87 bits per heavy atom. The smallest absolute Gasteiger partial charge is 0.298 e. The second-order valence-corrected chi connectivity index (χ2v) is 9.37. The van der Waals surface area contributed by atoms with Crippen molar-refractivity contribution in [2.45, 2.75) is 25.0 Å². The summed E-state index contributed by atoms with van der Waals surface area (Å²) in [6.07, 6.45) is 0.255. The molecule has 2 amide bonds. The lowest BCUT2D eigenvalue weighted by Crippen LogP contribution is -2.55. The third-order valence-corrected chi connectivity index (χ3v) is 6.96. The Hall–Kier alpha value is -2.70. The molecule has 0 radical (unpaired) electrons. The molecule has 1 fully saturated rings. The number of likely N-dealkylation sites (N-methyl/N-ethyl adjacent to an activating group) is 1. The molecule has 1 aromatic carbocycles. The largest absolute Gasteiger partial charge is 0.350 e. The molecule has 0 aromatic heterocycles. The lowest BCUT2D eigenvalue weighted by atomic mass is 10.1. The number of ketones is 1. The van der Waals surface area contributed by atoms with Crippen LogP contribution in [0.15, 0.2) is 29.3 Å². The number of benzene rings is 1. The topological polar surface area (TPSA) is 119 Å². The van der Waals surface area contributed by atoms with Crippen LogP contribution < -0.4 is 5.32 Å². The van der Waals surface area contributed by atoms with Crippen LogP contribution in [0.3, 0.4) is 0 Å². The molecule has 2 aliphatic heterocycles. The quantitative estimate of drug-likeness (QED) is 0.457. The van der Waals surface area contributed by atoms with Crippen LogP contribution >= 0.6 is 0 Å². The summed E-state index contributed by atoms with van der Waals surface area (Å²) in [7, 11) is 0.313. The van der Waals surface area contributed by atoms with Crippen molar-refractivity contribution < 1.29 is 27.2 Å². The van der Waals surface area contributed by atoms with E-state index in [0.29, 0.717) is 5.56 Å². The molecule has 12 heteroatoms. The van der Waals surface area contributed by atoms with Gasteiger partial charge in [0.1, 0.15) is 11.7 Å². The summed E-state index contributed by atoms with van der Waals surface area (Å²) < 4.78 is 40.0. The Morgan fingerprint density at radius 1 is 1.23 bits per heavy atom. The highest BCUT2D eigenvalue weighted by Gasteiger charge is 2.48. The van der Waals surface area contributed by atoms with Gasteiger partial charge >= 0.3 is 0 Å². The Kier molecular flexibility index (Phi) is 6.01. The van der Waals surface area contributed by atoms with Crippen molar-refractivity contribution in [3.05, 3.63) is 35.6 Å². The van der Waals surface area contributed by atoms with Gasteiger partial charge in [0.15, 0.2) is 6.04 Å². The van der Waals surface area contributed by atoms with Gasteiger partial charge in [-0.25, -0.2) is 9.38 Å². The van der Waals surface area contributed by atoms with Crippen molar-refractivity contribution in [3.63, 3.8) is 0 Å². The van der Waals surface area contributed by atoms with E-state index in [4.69, 9.17) is 0 Å².